The van der Waals surface area contributed by atoms with E-state index in [4.69, 9.17) is 9.84 Å². The van der Waals surface area contributed by atoms with E-state index in [1.54, 1.807) is 6.92 Å². The number of hydrogen-bond donors (Lipinski definition) is 2. The molecule has 0 aromatic carbocycles. The van der Waals surface area contributed by atoms with Gasteiger partial charge >= 0.3 is 11.9 Å². The second-order valence-electron chi connectivity index (χ2n) is 3.99. The van der Waals surface area contributed by atoms with Crippen molar-refractivity contribution in [1.82, 2.24) is 5.32 Å². The number of carboxylic acids is 1. The fraction of sp³-hybridized carbons (Fsp3) is 0.727. The van der Waals surface area contributed by atoms with Gasteiger partial charge in [0.05, 0.1) is 18.4 Å². The van der Waals surface area contributed by atoms with E-state index >= 15 is 0 Å². The summed E-state index contributed by atoms with van der Waals surface area (Å²) in [4.78, 5) is 32.9. The van der Waals surface area contributed by atoms with Crippen molar-refractivity contribution in [2.24, 2.45) is 11.8 Å². The zero-order valence-corrected chi connectivity index (χ0v) is 9.77. The van der Waals surface area contributed by atoms with Crippen LogP contribution >= 0.6 is 0 Å². The summed E-state index contributed by atoms with van der Waals surface area (Å²) in [6.45, 7) is 2.47. The quantitative estimate of drug-likeness (QED) is 0.491. The molecular weight excluding hydrogens is 226 g/mol. The molecule has 1 fully saturated rings. The Bertz CT molecular complexity index is 315. The molecule has 1 amide bonds. The Hall–Kier alpha value is -1.59. The van der Waals surface area contributed by atoms with E-state index in [9.17, 15) is 14.4 Å². The Balaban J connectivity index is 2.06. The maximum absolute atomic E-state index is 11.4. The SMILES string of the molecule is CCOC(=O)CCCNC(=O)[C@@H]1C[C@@H]1C(=O)O. The number of esters is 1. The summed E-state index contributed by atoms with van der Waals surface area (Å²) in [5, 5.41) is 11.3. The van der Waals surface area contributed by atoms with Crippen molar-refractivity contribution in [3.05, 3.63) is 0 Å². The van der Waals surface area contributed by atoms with E-state index in [0.717, 1.165) is 0 Å². The van der Waals surface area contributed by atoms with Crippen LogP contribution in [0.3, 0.4) is 0 Å². The number of hydrogen-bond acceptors (Lipinski definition) is 4. The molecule has 2 N–H and O–H groups in total. The lowest BCUT2D eigenvalue weighted by Gasteiger charge is -2.04. The highest BCUT2D eigenvalue weighted by Gasteiger charge is 2.48. The van der Waals surface area contributed by atoms with Crippen molar-refractivity contribution < 1.29 is 24.2 Å². The van der Waals surface area contributed by atoms with Gasteiger partial charge in [-0.05, 0) is 19.8 Å². The van der Waals surface area contributed by atoms with E-state index in [0.29, 0.717) is 26.0 Å². The van der Waals surface area contributed by atoms with Gasteiger partial charge < -0.3 is 15.2 Å². The van der Waals surface area contributed by atoms with Crippen molar-refractivity contribution in [2.75, 3.05) is 13.2 Å². The van der Waals surface area contributed by atoms with Crippen LogP contribution in [0.2, 0.25) is 0 Å². The molecule has 1 saturated carbocycles. The van der Waals surface area contributed by atoms with Gasteiger partial charge in [-0.15, -0.1) is 0 Å². The van der Waals surface area contributed by atoms with Crippen LogP contribution in [-0.4, -0.2) is 36.1 Å². The number of amides is 1. The summed E-state index contributed by atoms with van der Waals surface area (Å²) < 4.78 is 4.73. The van der Waals surface area contributed by atoms with Crippen LogP contribution < -0.4 is 5.32 Å². The summed E-state index contributed by atoms with van der Waals surface area (Å²) in [6.07, 6.45) is 1.19. The van der Waals surface area contributed by atoms with Gasteiger partial charge in [-0.2, -0.15) is 0 Å². The molecule has 17 heavy (non-hydrogen) atoms. The van der Waals surface area contributed by atoms with Crippen LogP contribution in [0.5, 0.6) is 0 Å². The maximum Gasteiger partial charge on any atom is 0.307 e. The molecule has 6 heteroatoms. The van der Waals surface area contributed by atoms with Crippen LogP contribution in [0.15, 0.2) is 0 Å². The first-order valence-corrected chi connectivity index (χ1v) is 5.72. The summed E-state index contributed by atoms with van der Waals surface area (Å²) in [5.74, 6) is -2.36. The van der Waals surface area contributed by atoms with Crippen LogP contribution in [-0.2, 0) is 19.1 Å². The van der Waals surface area contributed by atoms with Gasteiger partial charge in [0.1, 0.15) is 0 Å². The highest BCUT2D eigenvalue weighted by atomic mass is 16.5. The number of aliphatic carboxylic acids is 1. The molecule has 0 radical (unpaired) electrons. The van der Waals surface area contributed by atoms with E-state index in [-0.39, 0.29) is 18.3 Å². The molecule has 0 unspecified atom stereocenters. The molecule has 1 aliphatic rings. The molecule has 2 atom stereocenters. The third-order valence-electron chi connectivity index (χ3n) is 2.61. The lowest BCUT2D eigenvalue weighted by Crippen LogP contribution is -2.27. The average molecular weight is 243 g/mol. The Morgan fingerprint density at radius 3 is 2.59 bits per heavy atom. The third kappa shape index (κ3) is 4.42. The Morgan fingerprint density at radius 1 is 1.35 bits per heavy atom. The zero-order chi connectivity index (χ0) is 12.8. The third-order valence-corrected chi connectivity index (χ3v) is 2.61. The van der Waals surface area contributed by atoms with Crippen molar-refractivity contribution in [3.8, 4) is 0 Å². The van der Waals surface area contributed by atoms with E-state index < -0.39 is 17.8 Å². The largest absolute Gasteiger partial charge is 0.481 e. The van der Waals surface area contributed by atoms with Crippen molar-refractivity contribution in [1.29, 1.82) is 0 Å². The van der Waals surface area contributed by atoms with Crippen LogP contribution in [0.1, 0.15) is 26.2 Å². The van der Waals surface area contributed by atoms with Crippen LogP contribution in [0.25, 0.3) is 0 Å². The van der Waals surface area contributed by atoms with Gasteiger partial charge in [0, 0.05) is 13.0 Å². The van der Waals surface area contributed by atoms with Gasteiger partial charge in [0.15, 0.2) is 0 Å². The lowest BCUT2D eigenvalue weighted by molar-refractivity contribution is -0.143. The van der Waals surface area contributed by atoms with Gasteiger partial charge in [-0.1, -0.05) is 0 Å². The highest BCUT2D eigenvalue weighted by Crippen LogP contribution is 2.38. The molecule has 0 bridgehead atoms. The normalized spacial score (nSPS) is 21.7. The zero-order valence-electron chi connectivity index (χ0n) is 9.77. The molecule has 0 aliphatic heterocycles. The Kier molecular flexibility index (Phi) is 4.93. The Morgan fingerprint density at radius 2 is 2.06 bits per heavy atom. The molecule has 1 aliphatic carbocycles. The standard InChI is InChI=1S/C11H17NO5/c1-2-17-9(13)4-3-5-12-10(14)7-6-8(7)11(15)16/h7-8H,2-6H2,1H3,(H,12,14)(H,15,16)/t7-,8+/m1/s1. The second kappa shape index (κ2) is 6.22. The molecule has 96 valence electrons. The minimum Gasteiger partial charge on any atom is -0.481 e. The number of ether oxygens (including phenoxy) is 1. The van der Waals surface area contributed by atoms with Gasteiger partial charge in [-0.3, -0.25) is 14.4 Å². The monoisotopic (exact) mass is 243 g/mol. The molecule has 0 aromatic rings. The van der Waals surface area contributed by atoms with Crippen LogP contribution in [0, 0.1) is 11.8 Å². The first-order valence-electron chi connectivity index (χ1n) is 5.72. The lowest BCUT2D eigenvalue weighted by atomic mass is 10.2. The number of carboxylic acid groups (broad SMARTS) is 1. The second-order valence-corrected chi connectivity index (χ2v) is 3.99. The van der Waals surface area contributed by atoms with Crippen molar-refractivity contribution in [2.45, 2.75) is 26.2 Å². The van der Waals surface area contributed by atoms with Gasteiger partial charge in [0.25, 0.3) is 0 Å². The molecule has 0 spiro atoms. The molecule has 0 heterocycles. The first kappa shape index (κ1) is 13.5. The fourth-order valence-electron chi connectivity index (χ4n) is 1.57. The van der Waals surface area contributed by atoms with E-state index in [2.05, 4.69) is 5.32 Å². The van der Waals surface area contributed by atoms with Crippen molar-refractivity contribution in [3.63, 3.8) is 0 Å². The van der Waals surface area contributed by atoms with E-state index in [1.165, 1.54) is 0 Å². The summed E-state index contributed by atoms with van der Waals surface area (Å²) in [6, 6.07) is 0. The Labute approximate surface area is 99.3 Å². The summed E-state index contributed by atoms with van der Waals surface area (Å²) in [5.41, 5.74) is 0. The smallest absolute Gasteiger partial charge is 0.307 e. The van der Waals surface area contributed by atoms with Gasteiger partial charge in [-0.25, -0.2) is 0 Å². The summed E-state index contributed by atoms with van der Waals surface area (Å²) >= 11 is 0. The number of rotatable bonds is 7. The van der Waals surface area contributed by atoms with Gasteiger partial charge in [0.2, 0.25) is 5.91 Å². The number of nitrogens with one attached hydrogen (secondary N) is 1. The first-order chi connectivity index (χ1) is 8.06. The molecule has 1 rings (SSSR count). The molecular formula is C11H17NO5. The number of carbonyl (C=O) groups is 3. The maximum atomic E-state index is 11.4. The summed E-state index contributed by atoms with van der Waals surface area (Å²) in [7, 11) is 0. The predicted molar refractivity (Wildman–Crippen MR) is 58.1 cm³/mol. The number of carbonyl (C=O) groups excluding carboxylic acids is 2. The minimum atomic E-state index is -0.920. The molecule has 0 aromatic heterocycles. The minimum absolute atomic E-state index is 0.235. The van der Waals surface area contributed by atoms with Crippen molar-refractivity contribution >= 4 is 17.8 Å². The molecule has 0 saturated heterocycles. The average Bonchev–Trinajstić information content (AvgIpc) is 3.04. The highest BCUT2D eigenvalue weighted by molar-refractivity contribution is 5.89. The van der Waals surface area contributed by atoms with Crippen LogP contribution in [0.4, 0.5) is 0 Å². The van der Waals surface area contributed by atoms with E-state index in [1.807, 2.05) is 0 Å². The molecule has 6 nitrogen and oxygen atoms in total. The topological polar surface area (TPSA) is 92.7 Å². The predicted octanol–water partition coefficient (Wildman–Crippen LogP) is 0.167. The fourth-order valence-corrected chi connectivity index (χ4v) is 1.57.